The highest BCUT2D eigenvalue weighted by Gasteiger charge is 2.27. The van der Waals surface area contributed by atoms with Crippen LogP contribution in [0.4, 0.5) is 0 Å². The molecule has 0 spiro atoms. The summed E-state index contributed by atoms with van der Waals surface area (Å²) in [7, 11) is 1.96. The van der Waals surface area contributed by atoms with Gasteiger partial charge in [-0.05, 0) is 38.9 Å². The largest absolute Gasteiger partial charge is 0.378 e. The minimum atomic E-state index is 0. The van der Waals surface area contributed by atoms with Crippen molar-refractivity contribution in [2.24, 2.45) is 7.05 Å². The number of nitrogens with zero attached hydrogens (tertiary/aromatic N) is 5. The number of ether oxygens (including phenoxy) is 1. The molecule has 0 bridgehead atoms. The van der Waals surface area contributed by atoms with Crippen LogP contribution in [0.3, 0.4) is 0 Å². The molecule has 2 aliphatic rings. The second-order valence-electron chi connectivity index (χ2n) is 5.77. The van der Waals surface area contributed by atoms with E-state index in [2.05, 4.69) is 19.9 Å². The van der Waals surface area contributed by atoms with Crippen LogP contribution in [0.25, 0.3) is 0 Å². The van der Waals surface area contributed by atoms with Crippen LogP contribution in [-0.2, 0) is 11.8 Å². The number of morpholine rings is 1. The first-order valence-corrected chi connectivity index (χ1v) is 7.72. The number of aromatic nitrogens is 3. The molecule has 6 nitrogen and oxygen atoms in total. The topological polar surface area (TPSA) is 46.4 Å². The molecule has 1 unspecified atom stereocenters. The Hall–Kier alpha value is -0.250. The molecule has 2 fully saturated rings. The summed E-state index contributed by atoms with van der Waals surface area (Å²) in [5.41, 5.74) is 0. The zero-order valence-corrected chi connectivity index (χ0v) is 15.1. The maximum absolute atomic E-state index is 5.64. The molecule has 2 aliphatic heterocycles. The molecule has 2 saturated heterocycles. The zero-order valence-electron chi connectivity index (χ0n) is 12.8. The van der Waals surface area contributed by atoms with Gasteiger partial charge in [0.05, 0.1) is 19.3 Å². The molecule has 120 valence electrons. The zero-order chi connectivity index (χ0) is 13.8. The number of hydrogen-bond donors (Lipinski definition) is 0. The Morgan fingerprint density at radius 3 is 2.76 bits per heavy atom. The lowest BCUT2D eigenvalue weighted by Gasteiger charge is -2.35. The summed E-state index contributed by atoms with van der Waals surface area (Å²) in [6.07, 6.45) is 5.61. The number of aryl methyl sites for hydroxylation is 1. The van der Waals surface area contributed by atoms with Gasteiger partial charge in [0.2, 0.25) is 0 Å². The molecule has 1 aromatic heterocycles. The van der Waals surface area contributed by atoms with Gasteiger partial charge in [-0.25, -0.2) is 4.98 Å². The minimum Gasteiger partial charge on any atom is -0.378 e. The van der Waals surface area contributed by atoms with Crippen molar-refractivity contribution < 1.29 is 4.74 Å². The van der Waals surface area contributed by atoms with E-state index in [0.717, 1.165) is 32.1 Å². The third kappa shape index (κ3) is 4.37. The van der Waals surface area contributed by atoms with Crippen LogP contribution in [0.5, 0.6) is 0 Å². The SMILES string of the molecule is Cn1ncnc1C1COCCN1CCCN1CCCC1.I. The Bertz CT molecular complexity index is 421. The van der Waals surface area contributed by atoms with E-state index in [0.29, 0.717) is 0 Å². The molecule has 0 aliphatic carbocycles. The molecule has 1 aromatic rings. The lowest BCUT2D eigenvalue weighted by atomic mass is 10.2. The first-order chi connectivity index (χ1) is 9.84. The summed E-state index contributed by atoms with van der Waals surface area (Å²) >= 11 is 0. The molecule has 0 amide bonds. The van der Waals surface area contributed by atoms with E-state index in [1.165, 1.54) is 38.9 Å². The summed E-state index contributed by atoms with van der Waals surface area (Å²) in [6.45, 7) is 7.48. The van der Waals surface area contributed by atoms with Crippen LogP contribution in [-0.4, -0.2) is 70.5 Å². The van der Waals surface area contributed by atoms with E-state index in [-0.39, 0.29) is 30.0 Å². The lowest BCUT2D eigenvalue weighted by Crippen LogP contribution is -2.42. The molecular formula is C14H26IN5O. The number of halogens is 1. The summed E-state index contributed by atoms with van der Waals surface area (Å²) in [5, 5.41) is 4.18. The van der Waals surface area contributed by atoms with E-state index in [1.54, 1.807) is 6.33 Å². The average molecular weight is 407 g/mol. The highest BCUT2D eigenvalue weighted by atomic mass is 127. The van der Waals surface area contributed by atoms with Gasteiger partial charge in [-0.3, -0.25) is 9.58 Å². The van der Waals surface area contributed by atoms with Crippen molar-refractivity contribution in [2.45, 2.75) is 25.3 Å². The van der Waals surface area contributed by atoms with Crippen molar-refractivity contribution in [3.8, 4) is 0 Å². The van der Waals surface area contributed by atoms with Gasteiger partial charge in [0, 0.05) is 20.1 Å². The van der Waals surface area contributed by atoms with Crippen LogP contribution >= 0.6 is 24.0 Å². The van der Waals surface area contributed by atoms with E-state index in [1.807, 2.05) is 11.7 Å². The summed E-state index contributed by atoms with van der Waals surface area (Å²) in [6, 6.07) is 0.259. The Morgan fingerprint density at radius 2 is 2.05 bits per heavy atom. The van der Waals surface area contributed by atoms with Crippen LogP contribution in [0.2, 0.25) is 0 Å². The van der Waals surface area contributed by atoms with Gasteiger partial charge >= 0.3 is 0 Å². The molecule has 0 N–H and O–H groups in total. The number of hydrogen-bond acceptors (Lipinski definition) is 5. The van der Waals surface area contributed by atoms with Crippen LogP contribution in [0.15, 0.2) is 6.33 Å². The smallest absolute Gasteiger partial charge is 0.146 e. The summed E-state index contributed by atoms with van der Waals surface area (Å²) in [4.78, 5) is 9.48. The standard InChI is InChI=1S/C14H25N5O.HI/c1-17-14(15-12-16-17)13-11-20-10-9-19(13)8-4-7-18-5-2-3-6-18;/h12-13H,2-11H2,1H3;1H. The third-order valence-corrected chi connectivity index (χ3v) is 4.40. The summed E-state index contributed by atoms with van der Waals surface area (Å²) < 4.78 is 7.51. The summed E-state index contributed by atoms with van der Waals surface area (Å²) in [5.74, 6) is 1.02. The first kappa shape index (κ1) is 17.1. The van der Waals surface area contributed by atoms with Crippen LogP contribution in [0.1, 0.15) is 31.1 Å². The van der Waals surface area contributed by atoms with Gasteiger partial charge < -0.3 is 9.64 Å². The lowest BCUT2D eigenvalue weighted by molar-refractivity contribution is -0.0141. The number of rotatable bonds is 5. The van der Waals surface area contributed by atoms with Crippen molar-refractivity contribution in [2.75, 3.05) is 45.9 Å². The van der Waals surface area contributed by atoms with Crippen LogP contribution < -0.4 is 0 Å². The van der Waals surface area contributed by atoms with Gasteiger partial charge in [0.25, 0.3) is 0 Å². The Labute approximate surface area is 143 Å². The van der Waals surface area contributed by atoms with Gasteiger partial charge in [-0.2, -0.15) is 5.10 Å². The second kappa shape index (κ2) is 8.40. The fourth-order valence-electron chi connectivity index (χ4n) is 3.25. The molecule has 1 atom stereocenters. The van der Waals surface area contributed by atoms with Gasteiger partial charge in [-0.1, -0.05) is 0 Å². The Morgan fingerprint density at radius 1 is 1.24 bits per heavy atom. The van der Waals surface area contributed by atoms with Crippen molar-refractivity contribution in [3.05, 3.63) is 12.2 Å². The fourth-order valence-corrected chi connectivity index (χ4v) is 3.25. The Kier molecular flexibility index (Phi) is 6.84. The van der Waals surface area contributed by atoms with E-state index < -0.39 is 0 Å². The predicted octanol–water partition coefficient (Wildman–Crippen LogP) is 1.29. The molecule has 3 heterocycles. The third-order valence-electron chi connectivity index (χ3n) is 4.40. The van der Waals surface area contributed by atoms with Crippen LogP contribution in [0, 0.1) is 0 Å². The first-order valence-electron chi connectivity index (χ1n) is 7.72. The monoisotopic (exact) mass is 407 g/mol. The van der Waals surface area contributed by atoms with Crippen molar-refractivity contribution >= 4 is 24.0 Å². The van der Waals surface area contributed by atoms with E-state index >= 15 is 0 Å². The maximum atomic E-state index is 5.64. The van der Waals surface area contributed by atoms with E-state index in [9.17, 15) is 0 Å². The van der Waals surface area contributed by atoms with E-state index in [4.69, 9.17) is 4.74 Å². The minimum absolute atomic E-state index is 0. The van der Waals surface area contributed by atoms with Crippen molar-refractivity contribution in [1.82, 2.24) is 24.6 Å². The molecule has 3 rings (SSSR count). The quantitative estimate of drug-likeness (QED) is 0.689. The normalized spacial score (nSPS) is 24.1. The molecule has 0 aromatic carbocycles. The second-order valence-corrected chi connectivity index (χ2v) is 5.77. The highest BCUT2D eigenvalue weighted by Crippen LogP contribution is 2.22. The Balaban J connectivity index is 0.00000161. The maximum Gasteiger partial charge on any atom is 0.146 e. The molecule has 7 heteroatoms. The molecule has 0 radical (unpaired) electrons. The molecule has 0 saturated carbocycles. The average Bonchev–Trinajstić information content (AvgIpc) is 3.11. The highest BCUT2D eigenvalue weighted by molar-refractivity contribution is 14.0. The number of likely N-dealkylation sites (tertiary alicyclic amines) is 1. The molecular weight excluding hydrogens is 381 g/mol. The fraction of sp³-hybridized carbons (Fsp3) is 0.857. The van der Waals surface area contributed by atoms with Gasteiger partial charge in [-0.15, -0.1) is 24.0 Å². The molecule has 21 heavy (non-hydrogen) atoms. The van der Waals surface area contributed by atoms with Crippen molar-refractivity contribution in [3.63, 3.8) is 0 Å². The predicted molar refractivity (Wildman–Crippen MR) is 91.8 cm³/mol. The van der Waals surface area contributed by atoms with Gasteiger partial charge in [0.1, 0.15) is 12.2 Å². The van der Waals surface area contributed by atoms with Crippen molar-refractivity contribution in [1.29, 1.82) is 0 Å². The van der Waals surface area contributed by atoms with Gasteiger partial charge in [0.15, 0.2) is 0 Å².